The number of nitro benzene ring substituents is 1. The van der Waals surface area contributed by atoms with Crippen LogP contribution < -0.4 is 0 Å². The third-order valence-corrected chi connectivity index (χ3v) is 4.07. The highest BCUT2D eigenvalue weighted by molar-refractivity contribution is 6.08. The summed E-state index contributed by atoms with van der Waals surface area (Å²) in [6.07, 6.45) is 0. The highest BCUT2D eigenvalue weighted by Crippen LogP contribution is 2.45. The Balaban J connectivity index is 2.09. The summed E-state index contributed by atoms with van der Waals surface area (Å²) in [5, 5.41) is 34.7. The first-order valence-electron chi connectivity index (χ1n) is 7.17. The molecule has 4 rings (SSSR count). The number of phenolic OH excluding ortho intramolecular Hbond substituents is 1. The maximum absolute atomic E-state index is 11.4. The summed E-state index contributed by atoms with van der Waals surface area (Å²) < 4.78 is 0. The Kier molecular flexibility index (Phi) is 2.98. The zero-order valence-electron chi connectivity index (χ0n) is 12.5. The van der Waals surface area contributed by atoms with Gasteiger partial charge in [-0.05, 0) is 29.4 Å². The molecule has 0 aliphatic rings. The van der Waals surface area contributed by atoms with Crippen molar-refractivity contribution in [3.05, 3.63) is 51.4 Å². The normalized spacial score (nSPS) is 11.2. The van der Waals surface area contributed by atoms with Gasteiger partial charge in [-0.15, -0.1) is 4.91 Å². The fourth-order valence-corrected chi connectivity index (χ4v) is 2.97. The molecule has 2 aromatic heterocycles. The van der Waals surface area contributed by atoms with E-state index in [0.717, 1.165) is 0 Å². The first-order chi connectivity index (χ1) is 12.0. The van der Waals surface area contributed by atoms with Crippen LogP contribution in [0.4, 0.5) is 11.4 Å². The lowest BCUT2D eigenvalue weighted by Crippen LogP contribution is -1.87. The van der Waals surface area contributed by atoms with E-state index in [1.54, 1.807) is 6.07 Å². The summed E-state index contributed by atoms with van der Waals surface area (Å²) in [6.45, 7) is 0. The van der Waals surface area contributed by atoms with Gasteiger partial charge in [-0.3, -0.25) is 10.1 Å². The van der Waals surface area contributed by atoms with Crippen molar-refractivity contribution in [2.24, 2.45) is 5.18 Å². The minimum Gasteiger partial charge on any atom is -0.508 e. The Labute approximate surface area is 138 Å². The van der Waals surface area contributed by atoms with Crippen LogP contribution in [0.5, 0.6) is 11.6 Å². The van der Waals surface area contributed by atoms with E-state index < -0.39 is 4.92 Å². The summed E-state index contributed by atoms with van der Waals surface area (Å²) in [5.41, 5.74) is 1.25. The fourth-order valence-electron chi connectivity index (χ4n) is 2.97. The molecule has 0 saturated carbocycles. The van der Waals surface area contributed by atoms with Crippen molar-refractivity contribution in [2.75, 3.05) is 0 Å². The molecule has 0 atom stereocenters. The molecule has 0 aliphatic carbocycles. The Hall–Kier alpha value is -3.88. The molecule has 4 N–H and O–H groups in total. The molecule has 25 heavy (non-hydrogen) atoms. The Bertz CT molecular complexity index is 1170. The van der Waals surface area contributed by atoms with Gasteiger partial charge in [0.15, 0.2) is 5.88 Å². The van der Waals surface area contributed by atoms with Crippen molar-refractivity contribution in [2.45, 2.75) is 0 Å². The molecule has 124 valence electrons. The predicted molar refractivity (Wildman–Crippen MR) is 91.0 cm³/mol. The average molecular weight is 338 g/mol. The molecule has 0 bridgehead atoms. The topological polar surface area (TPSA) is 145 Å². The number of aromatic amines is 2. The van der Waals surface area contributed by atoms with E-state index in [-0.39, 0.29) is 34.3 Å². The maximum atomic E-state index is 11.4. The number of phenols is 1. The van der Waals surface area contributed by atoms with Gasteiger partial charge in [-0.2, -0.15) is 0 Å². The molecule has 0 unspecified atom stereocenters. The van der Waals surface area contributed by atoms with Gasteiger partial charge in [0, 0.05) is 33.9 Å². The summed E-state index contributed by atoms with van der Waals surface area (Å²) in [5.74, 6) is -0.294. The lowest BCUT2D eigenvalue weighted by molar-refractivity contribution is -0.384. The van der Waals surface area contributed by atoms with E-state index in [2.05, 4.69) is 15.1 Å². The predicted octanol–water partition coefficient (Wildman–Crippen LogP) is 4.03. The first kappa shape index (κ1) is 14.7. The SMILES string of the molecule is O=Nc1c(-c2c(O)[nH]c3ccc([N+](=O)[O-])cc23)[nH]c2ccc(O)cc12. The van der Waals surface area contributed by atoms with E-state index in [4.69, 9.17) is 0 Å². The van der Waals surface area contributed by atoms with Gasteiger partial charge in [0.05, 0.1) is 16.2 Å². The van der Waals surface area contributed by atoms with Crippen LogP contribution in [0.15, 0.2) is 41.6 Å². The van der Waals surface area contributed by atoms with E-state index in [9.17, 15) is 25.2 Å². The average Bonchev–Trinajstić information content (AvgIpc) is 3.09. The number of hydrogen-bond donors (Lipinski definition) is 4. The number of hydrogen-bond acceptors (Lipinski definition) is 6. The summed E-state index contributed by atoms with van der Waals surface area (Å²) >= 11 is 0. The lowest BCUT2D eigenvalue weighted by atomic mass is 10.1. The largest absolute Gasteiger partial charge is 0.508 e. The number of rotatable bonds is 3. The van der Waals surface area contributed by atoms with Crippen molar-refractivity contribution in [1.29, 1.82) is 0 Å². The van der Waals surface area contributed by atoms with E-state index >= 15 is 0 Å². The van der Waals surface area contributed by atoms with Crippen LogP contribution in [-0.4, -0.2) is 25.1 Å². The molecular formula is C16H10N4O5. The highest BCUT2D eigenvalue weighted by atomic mass is 16.6. The lowest BCUT2D eigenvalue weighted by Gasteiger charge is -1.99. The number of nitro groups is 1. The van der Waals surface area contributed by atoms with Crippen LogP contribution in [0.3, 0.4) is 0 Å². The summed E-state index contributed by atoms with van der Waals surface area (Å²) in [7, 11) is 0. The van der Waals surface area contributed by atoms with Gasteiger partial charge >= 0.3 is 0 Å². The molecule has 0 spiro atoms. The Morgan fingerprint density at radius 1 is 1.00 bits per heavy atom. The minimum absolute atomic E-state index is 0.00592. The molecule has 0 radical (unpaired) electrons. The van der Waals surface area contributed by atoms with Crippen molar-refractivity contribution in [3.8, 4) is 22.9 Å². The molecule has 0 aliphatic heterocycles. The molecule has 9 heteroatoms. The number of aromatic hydroxyl groups is 2. The van der Waals surface area contributed by atoms with Crippen LogP contribution >= 0.6 is 0 Å². The third kappa shape index (κ3) is 2.10. The van der Waals surface area contributed by atoms with E-state index in [1.807, 2.05) is 0 Å². The van der Waals surface area contributed by atoms with E-state index in [0.29, 0.717) is 21.8 Å². The monoisotopic (exact) mass is 338 g/mol. The Morgan fingerprint density at radius 3 is 2.44 bits per heavy atom. The first-order valence-corrected chi connectivity index (χ1v) is 7.17. The van der Waals surface area contributed by atoms with Crippen molar-refractivity contribution >= 4 is 33.2 Å². The number of non-ortho nitro benzene ring substituents is 1. The summed E-state index contributed by atoms with van der Waals surface area (Å²) in [6, 6.07) is 8.47. The van der Waals surface area contributed by atoms with Gasteiger partial charge < -0.3 is 20.2 Å². The highest BCUT2D eigenvalue weighted by Gasteiger charge is 2.22. The molecule has 2 aromatic carbocycles. The fraction of sp³-hybridized carbons (Fsp3) is 0. The van der Waals surface area contributed by atoms with Gasteiger partial charge in [-0.25, -0.2) is 0 Å². The number of nitrogens with one attached hydrogen (secondary N) is 2. The van der Waals surface area contributed by atoms with Gasteiger partial charge in [0.2, 0.25) is 0 Å². The maximum Gasteiger partial charge on any atom is 0.270 e. The standard InChI is InChI=1S/C16H10N4O5/c21-8-2-4-12-10(6-8)14(19-23)15(17-12)13-9-5-7(20(24)25)1-3-11(9)18-16(13)22/h1-6,17-18,21-22H. The molecule has 2 heterocycles. The molecule has 0 fully saturated rings. The van der Waals surface area contributed by atoms with Gasteiger partial charge in [0.25, 0.3) is 5.69 Å². The van der Waals surface area contributed by atoms with Crippen LogP contribution in [0.25, 0.3) is 33.1 Å². The zero-order valence-corrected chi connectivity index (χ0v) is 12.5. The number of aromatic nitrogens is 2. The van der Waals surface area contributed by atoms with Crippen molar-refractivity contribution in [1.82, 2.24) is 9.97 Å². The number of H-pyrrole nitrogens is 2. The van der Waals surface area contributed by atoms with Crippen LogP contribution in [0.1, 0.15) is 0 Å². The second kappa shape index (κ2) is 5.06. The molecule has 0 saturated heterocycles. The van der Waals surface area contributed by atoms with E-state index in [1.165, 1.54) is 30.3 Å². The van der Waals surface area contributed by atoms with Crippen LogP contribution in [0.2, 0.25) is 0 Å². The van der Waals surface area contributed by atoms with Crippen LogP contribution in [0, 0.1) is 15.0 Å². The second-order valence-corrected chi connectivity index (χ2v) is 5.51. The van der Waals surface area contributed by atoms with Gasteiger partial charge in [0.1, 0.15) is 11.4 Å². The zero-order chi connectivity index (χ0) is 17.7. The number of fused-ring (bicyclic) bond motifs is 2. The number of benzene rings is 2. The van der Waals surface area contributed by atoms with Crippen molar-refractivity contribution in [3.63, 3.8) is 0 Å². The van der Waals surface area contributed by atoms with Crippen LogP contribution in [-0.2, 0) is 0 Å². The molecule has 0 amide bonds. The Morgan fingerprint density at radius 2 is 1.72 bits per heavy atom. The quantitative estimate of drug-likeness (QED) is 0.253. The molecular weight excluding hydrogens is 328 g/mol. The number of nitroso groups, excluding NO2 is 1. The minimum atomic E-state index is -0.546. The van der Waals surface area contributed by atoms with Crippen molar-refractivity contribution < 1.29 is 15.1 Å². The molecule has 9 nitrogen and oxygen atoms in total. The smallest absolute Gasteiger partial charge is 0.270 e. The second-order valence-electron chi connectivity index (χ2n) is 5.51. The number of nitrogens with zero attached hydrogens (tertiary/aromatic N) is 2. The summed E-state index contributed by atoms with van der Waals surface area (Å²) in [4.78, 5) is 27.6. The third-order valence-electron chi connectivity index (χ3n) is 4.07. The molecule has 4 aromatic rings. The van der Waals surface area contributed by atoms with Gasteiger partial charge in [-0.1, -0.05) is 0 Å².